The summed E-state index contributed by atoms with van der Waals surface area (Å²) < 4.78 is 28.3. The van der Waals surface area contributed by atoms with E-state index in [1.165, 1.54) is 0 Å². The minimum Gasteiger partial charge on any atom is -0.435 e. The molecule has 6 heteroatoms. The number of halogens is 2. The van der Waals surface area contributed by atoms with Gasteiger partial charge < -0.3 is 10.1 Å². The first-order valence-electron chi connectivity index (χ1n) is 6.29. The number of hydrogen-bond donors (Lipinski definition) is 1. The van der Waals surface area contributed by atoms with Crippen molar-refractivity contribution in [2.24, 2.45) is 0 Å². The summed E-state index contributed by atoms with van der Waals surface area (Å²) in [5.74, 6) is 0.538. The fraction of sp³-hybridized carbons (Fsp3) is 0.357. The van der Waals surface area contributed by atoms with Gasteiger partial charge in [0.15, 0.2) is 0 Å². The molecule has 0 bridgehead atoms. The maximum atomic E-state index is 12.0. The minimum atomic E-state index is -2.78. The SMILES string of the molecule is CC(CNCc1ccc(OC(F)F)cc1)c1nccs1. The van der Waals surface area contributed by atoms with Crippen molar-refractivity contribution in [3.05, 3.63) is 46.4 Å². The van der Waals surface area contributed by atoms with Crippen molar-refractivity contribution in [2.75, 3.05) is 6.54 Å². The lowest BCUT2D eigenvalue weighted by atomic mass is 10.1. The van der Waals surface area contributed by atoms with E-state index >= 15 is 0 Å². The second-order valence-corrected chi connectivity index (χ2v) is 5.35. The van der Waals surface area contributed by atoms with E-state index in [1.807, 2.05) is 5.38 Å². The molecule has 2 aromatic rings. The molecule has 0 saturated heterocycles. The molecule has 0 spiro atoms. The Hall–Kier alpha value is -1.53. The zero-order chi connectivity index (χ0) is 14.4. The highest BCUT2D eigenvalue weighted by atomic mass is 32.1. The van der Waals surface area contributed by atoms with E-state index < -0.39 is 6.61 Å². The highest BCUT2D eigenvalue weighted by Crippen LogP contribution is 2.17. The predicted molar refractivity (Wildman–Crippen MR) is 75.3 cm³/mol. The maximum absolute atomic E-state index is 12.0. The van der Waals surface area contributed by atoms with Crippen LogP contribution in [-0.2, 0) is 6.54 Å². The van der Waals surface area contributed by atoms with Crippen molar-refractivity contribution in [1.29, 1.82) is 0 Å². The lowest BCUT2D eigenvalue weighted by Gasteiger charge is -2.10. The molecule has 1 N–H and O–H groups in total. The normalized spacial score (nSPS) is 12.6. The fourth-order valence-corrected chi connectivity index (χ4v) is 2.49. The van der Waals surface area contributed by atoms with Crippen LogP contribution in [0.1, 0.15) is 23.4 Å². The van der Waals surface area contributed by atoms with Gasteiger partial charge in [-0.15, -0.1) is 11.3 Å². The van der Waals surface area contributed by atoms with Crippen molar-refractivity contribution < 1.29 is 13.5 Å². The van der Waals surface area contributed by atoms with Crippen LogP contribution in [0, 0.1) is 0 Å². The maximum Gasteiger partial charge on any atom is 0.387 e. The van der Waals surface area contributed by atoms with Crippen molar-refractivity contribution >= 4 is 11.3 Å². The third-order valence-corrected chi connectivity index (χ3v) is 3.81. The molecule has 0 aliphatic rings. The minimum absolute atomic E-state index is 0.180. The lowest BCUT2D eigenvalue weighted by Crippen LogP contribution is -2.19. The molecule has 3 nitrogen and oxygen atoms in total. The summed E-state index contributed by atoms with van der Waals surface area (Å²) in [6.07, 6.45) is 1.80. The Balaban J connectivity index is 1.76. The van der Waals surface area contributed by atoms with Gasteiger partial charge in [-0.1, -0.05) is 19.1 Å². The summed E-state index contributed by atoms with van der Waals surface area (Å²) in [6, 6.07) is 6.65. The van der Waals surface area contributed by atoms with Gasteiger partial charge in [0.25, 0.3) is 0 Å². The zero-order valence-corrected chi connectivity index (χ0v) is 11.9. The smallest absolute Gasteiger partial charge is 0.387 e. The van der Waals surface area contributed by atoms with E-state index in [2.05, 4.69) is 22.0 Å². The van der Waals surface area contributed by atoms with Crippen LogP contribution >= 0.6 is 11.3 Å². The molecule has 1 unspecified atom stereocenters. The van der Waals surface area contributed by atoms with Gasteiger partial charge in [0.1, 0.15) is 5.75 Å². The highest BCUT2D eigenvalue weighted by molar-refractivity contribution is 7.09. The van der Waals surface area contributed by atoms with Crippen LogP contribution in [-0.4, -0.2) is 18.1 Å². The number of benzene rings is 1. The Kier molecular flexibility index (Phi) is 5.43. The molecule has 0 aliphatic carbocycles. The third kappa shape index (κ3) is 4.54. The summed E-state index contributed by atoms with van der Waals surface area (Å²) in [5.41, 5.74) is 1.03. The molecule has 0 fully saturated rings. The van der Waals surface area contributed by atoms with Crippen molar-refractivity contribution in [1.82, 2.24) is 10.3 Å². The average molecular weight is 298 g/mol. The van der Waals surface area contributed by atoms with Crippen molar-refractivity contribution in [3.63, 3.8) is 0 Å². The largest absolute Gasteiger partial charge is 0.435 e. The van der Waals surface area contributed by atoms with E-state index in [-0.39, 0.29) is 5.75 Å². The molecular formula is C14H16F2N2OS. The van der Waals surface area contributed by atoms with E-state index in [1.54, 1.807) is 41.8 Å². The zero-order valence-electron chi connectivity index (χ0n) is 11.1. The molecule has 108 valence electrons. The standard InChI is InChI=1S/C14H16F2N2OS/c1-10(13-18-6-7-20-13)8-17-9-11-2-4-12(5-3-11)19-14(15)16/h2-7,10,14,17H,8-9H2,1H3. The summed E-state index contributed by atoms with van der Waals surface area (Å²) in [5, 5.41) is 6.40. The first-order valence-corrected chi connectivity index (χ1v) is 7.17. The number of aromatic nitrogens is 1. The molecule has 1 aromatic heterocycles. The summed E-state index contributed by atoms with van der Waals surface area (Å²) in [6.45, 7) is 0.844. The summed E-state index contributed by atoms with van der Waals surface area (Å²) in [4.78, 5) is 4.27. The number of alkyl halides is 2. The van der Waals surface area contributed by atoms with E-state index in [9.17, 15) is 8.78 Å². The van der Waals surface area contributed by atoms with Crippen LogP contribution in [0.5, 0.6) is 5.75 Å². The average Bonchev–Trinajstić information content (AvgIpc) is 2.94. The third-order valence-electron chi connectivity index (χ3n) is 2.80. The Labute approximate surface area is 120 Å². The van der Waals surface area contributed by atoms with Crippen LogP contribution in [0.4, 0.5) is 8.78 Å². The van der Waals surface area contributed by atoms with Gasteiger partial charge in [0, 0.05) is 30.6 Å². The monoisotopic (exact) mass is 298 g/mol. The first kappa shape index (κ1) is 14.9. The number of thiazole rings is 1. The van der Waals surface area contributed by atoms with Crippen LogP contribution in [0.3, 0.4) is 0 Å². The molecule has 1 heterocycles. The molecule has 20 heavy (non-hydrogen) atoms. The van der Waals surface area contributed by atoms with Crippen LogP contribution in [0.2, 0.25) is 0 Å². The Morgan fingerprint density at radius 3 is 2.65 bits per heavy atom. The van der Waals surface area contributed by atoms with Gasteiger partial charge in [-0.25, -0.2) is 4.98 Å². The number of rotatable bonds is 7. The van der Waals surface area contributed by atoms with Crippen molar-refractivity contribution in [2.45, 2.75) is 26.0 Å². The number of nitrogens with zero attached hydrogens (tertiary/aromatic N) is 1. The second kappa shape index (κ2) is 7.31. The molecule has 0 amide bonds. The molecule has 1 atom stereocenters. The van der Waals surface area contributed by atoms with Gasteiger partial charge in [0.05, 0.1) is 5.01 Å². The molecule has 0 saturated carbocycles. The van der Waals surface area contributed by atoms with Crippen LogP contribution in [0.15, 0.2) is 35.8 Å². The van der Waals surface area contributed by atoms with E-state index in [0.717, 1.165) is 17.1 Å². The van der Waals surface area contributed by atoms with Gasteiger partial charge in [0.2, 0.25) is 0 Å². The summed E-state index contributed by atoms with van der Waals surface area (Å²) in [7, 11) is 0. The Morgan fingerprint density at radius 1 is 1.30 bits per heavy atom. The topological polar surface area (TPSA) is 34.1 Å². The summed E-state index contributed by atoms with van der Waals surface area (Å²) >= 11 is 1.65. The molecular weight excluding hydrogens is 282 g/mol. The highest BCUT2D eigenvalue weighted by Gasteiger charge is 2.07. The lowest BCUT2D eigenvalue weighted by molar-refractivity contribution is -0.0498. The molecule has 1 aromatic carbocycles. The first-order chi connectivity index (χ1) is 9.65. The number of hydrogen-bond acceptors (Lipinski definition) is 4. The quantitative estimate of drug-likeness (QED) is 0.847. The molecule has 0 radical (unpaired) electrons. The van der Waals surface area contributed by atoms with Gasteiger partial charge in [-0.05, 0) is 17.7 Å². The van der Waals surface area contributed by atoms with Crippen molar-refractivity contribution in [3.8, 4) is 5.75 Å². The Morgan fingerprint density at radius 2 is 2.05 bits per heavy atom. The Bertz CT molecular complexity index is 502. The number of ether oxygens (including phenoxy) is 1. The predicted octanol–water partition coefficient (Wildman–Crippen LogP) is 3.64. The number of nitrogens with one attached hydrogen (secondary N) is 1. The van der Waals surface area contributed by atoms with Crippen LogP contribution < -0.4 is 10.1 Å². The second-order valence-electron chi connectivity index (χ2n) is 4.42. The molecule has 0 aliphatic heterocycles. The van der Waals surface area contributed by atoms with Gasteiger partial charge in [-0.3, -0.25) is 0 Å². The van der Waals surface area contributed by atoms with Gasteiger partial charge in [-0.2, -0.15) is 8.78 Å². The fourth-order valence-electron chi connectivity index (χ4n) is 1.79. The van der Waals surface area contributed by atoms with E-state index in [4.69, 9.17) is 0 Å². The van der Waals surface area contributed by atoms with Gasteiger partial charge >= 0.3 is 6.61 Å². The molecule has 2 rings (SSSR count). The van der Waals surface area contributed by atoms with Crippen LogP contribution in [0.25, 0.3) is 0 Å². The van der Waals surface area contributed by atoms with E-state index in [0.29, 0.717) is 12.5 Å².